The zero-order chi connectivity index (χ0) is 9.26. The van der Waals surface area contributed by atoms with Crippen LogP contribution in [0.25, 0.3) is 0 Å². The molecule has 0 radical (unpaired) electrons. The fourth-order valence-corrected chi connectivity index (χ4v) is 1.73. The van der Waals surface area contributed by atoms with Crippen LogP contribution in [0.2, 0.25) is 0 Å². The molecule has 4 nitrogen and oxygen atoms in total. The van der Waals surface area contributed by atoms with Gasteiger partial charge in [0, 0.05) is 13.7 Å². The van der Waals surface area contributed by atoms with Crippen LogP contribution in [0.15, 0.2) is 6.07 Å². The van der Waals surface area contributed by atoms with Gasteiger partial charge in [-0.25, -0.2) is 0 Å². The lowest BCUT2D eigenvalue weighted by atomic mass is 10.1. The van der Waals surface area contributed by atoms with Crippen molar-refractivity contribution in [3.63, 3.8) is 0 Å². The molecule has 1 aromatic heterocycles. The number of aryl methyl sites for hydroxylation is 1. The van der Waals surface area contributed by atoms with Crippen LogP contribution in [0.3, 0.4) is 0 Å². The number of ether oxygens (including phenoxy) is 1. The molecule has 0 bridgehead atoms. The van der Waals surface area contributed by atoms with Gasteiger partial charge in [-0.1, -0.05) is 0 Å². The molecule has 1 atom stereocenters. The molecule has 0 fully saturated rings. The van der Waals surface area contributed by atoms with Gasteiger partial charge in [-0.15, -0.1) is 0 Å². The minimum atomic E-state index is -0.341. The Hall–Kier alpha value is -0.870. The fraction of sp³-hybridized carbons (Fsp3) is 0.667. The second kappa shape index (κ2) is 3.47. The van der Waals surface area contributed by atoms with Gasteiger partial charge in [-0.2, -0.15) is 5.10 Å². The highest BCUT2D eigenvalue weighted by Crippen LogP contribution is 2.24. The molecule has 1 aliphatic rings. The maximum atomic E-state index is 9.64. The van der Waals surface area contributed by atoms with Crippen molar-refractivity contribution in [1.82, 2.24) is 9.78 Å². The first-order chi connectivity index (χ1) is 6.31. The van der Waals surface area contributed by atoms with Gasteiger partial charge in [0.1, 0.15) is 0 Å². The van der Waals surface area contributed by atoms with E-state index in [0.717, 1.165) is 30.8 Å². The third-order valence-corrected chi connectivity index (χ3v) is 2.34. The number of hydrogen-bond acceptors (Lipinski definition) is 3. The van der Waals surface area contributed by atoms with E-state index in [1.807, 2.05) is 10.7 Å². The SMILES string of the molecule is COCc1cc2n(n1)CCCC2O. The molecule has 0 aliphatic carbocycles. The van der Waals surface area contributed by atoms with E-state index in [9.17, 15) is 5.11 Å². The fourth-order valence-electron chi connectivity index (χ4n) is 1.73. The Labute approximate surface area is 77.1 Å². The van der Waals surface area contributed by atoms with E-state index >= 15 is 0 Å². The largest absolute Gasteiger partial charge is 0.387 e. The zero-order valence-electron chi connectivity index (χ0n) is 7.73. The number of rotatable bonds is 2. The van der Waals surface area contributed by atoms with Gasteiger partial charge in [0.05, 0.1) is 24.1 Å². The first-order valence-corrected chi connectivity index (χ1v) is 4.55. The molecular weight excluding hydrogens is 168 g/mol. The van der Waals surface area contributed by atoms with Crippen molar-refractivity contribution in [2.24, 2.45) is 0 Å². The Kier molecular flexibility index (Phi) is 2.33. The lowest BCUT2D eigenvalue weighted by Gasteiger charge is -2.18. The lowest BCUT2D eigenvalue weighted by Crippen LogP contribution is -2.15. The van der Waals surface area contributed by atoms with Crippen molar-refractivity contribution in [2.45, 2.75) is 32.1 Å². The molecule has 13 heavy (non-hydrogen) atoms. The lowest BCUT2D eigenvalue weighted by molar-refractivity contribution is 0.135. The van der Waals surface area contributed by atoms with Crippen LogP contribution in [0.5, 0.6) is 0 Å². The van der Waals surface area contributed by atoms with Crippen LogP contribution >= 0.6 is 0 Å². The van der Waals surface area contributed by atoms with E-state index in [-0.39, 0.29) is 6.10 Å². The predicted molar refractivity (Wildman–Crippen MR) is 47.1 cm³/mol. The summed E-state index contributed by atoms with van der Waals surface area (Å²) in [6.07, 6.45) is 1.51. The molecule has 1 aromatic rings. The summed E-state index contributed by atoms with van der Waals surface area (Å²) in [7, 11) is 1.65. The molecule has 4 heteroatoms. The summed E-state index contributed by atoms with van der Waals surface area (Å²) < 4.78 is 6.86. The van der Waals surface area contributed by atoms with Gasteiger partial charge >= 0.3 is 0 Å². The average Bonchev–Trinajstić information content (AvgIpc) is 2.49. The molecule has 0 saturated heterocycles. The molecule has 2 heterocycles. The van der Waals surface area contributed by atoms with Gasteiger partial charge < -0.3 is 9.84 Å². The number of fused-ring (bicyclic) bond motifs is 1. The summed E-state index contributed by atoms with van der Waals surface area (Å²) in [5.74, 6) is 0. The Morgan fingerprint density at radius 2 is 2.62 bits per heavy atom. The Balaban J connectivity index is 2.25. The van der Waals surface area contributed by atoms with E-state index in [4.69, 9.17) is 4.74 Å². The number of hydrogen-bond donors (Lipinski definition) is 1. The summed E-state index contributed by atoms with van der Waals surface area (Å²) in [6.45, 7) is 1.43. The second-order valence-corrected chi connectivity index (χ2v) is 3.37. The third-order valence-electron chi connectivity index (χ3n) is 2.34. The molecule has 0 aromatic carbocycles. The first kappa shape index (κ1) is 8.72. The van der Waals surface area contributed by atoms with Crippen molar-refractivity contribution < 1.29 is 9.84 Å². The number of nitrogens with zero attached hydrogens (tertiary/aromatic N) is 2. The van der Waals surface area contributed by atoms with Gasteiger partial charge in [-0.3, -0.25) is 4.68 Å². The van der Waals surface area contributed by atoms with Crippen molar-refractivity contribution in [3.8, 4) is 0 Å². The number of aliphatic hydroxyl groups is 1. The molecule has 0 amide bonds. The van der Waals surface area contributed by atoms with E-state index in [0.29, 0.717) is 6.61 Å². The maximum absolute atomic E-state index is 9.64. The molecule has 2 rings (SSSR count). The smallest absolute Gasteiger partial charge is 0.0957 e. The van der Waals surface area contributed by atoms with Crippen molar-refractivity contribution in [2.75, 3.05) is 7.11 Å². The number of aromatic nitrogens is 2. The van der Waals surface area contributed by atoms with Crippen LogP contribution in [-0.4, -0.2) is 22.0 Å². The van der Waals surface area contributed by atoms with Crippen LogP contribution in [0, 0.1) is 0 Å². The predicted octanol–water partition coefficient (Wildman–Crippen LogP) is 0.857. The number of aliphatic hydroxyl groups excluding tert-OH is 1. The highest BCUT2D eigenvalue weighted by molar-refractivity contribution is 5.13. The van der Waals surface area contributed by atoms with Gasteiger partial charge in [-0.05, 0) is 18.9 Å². The summed E-state index contributed by atoms with van der Waals surface area (Å²) in [6, 6.07) is 1.92. The standard InChI is InChI=1S/C9H14N2O2/c1-13-6-7-5-8-9(12)3-2-4-11(8)10-7/h5,9,12H,2-4,6H2,1H3. The van der Waals surface area contributed by atoms with Gasteiger partial charge in [0.2, 0.25) is 0 Å². The molecule has 1 N–H and O–H groups in total. The second-order valence-electron chi connectivity index (χ2n) is 3.37. The minimum absolute atomic E-state index is 0.341. The van der Waals surface area contributed by atoms with E-state index in [1.165, 1.54) is 0 Å². The third kappa shape index (κ3) is 1.59. The van der Waals surface area contributed by atoms with E-state index < -0.39 is 0 Å². The zero-order valence-corrected chi connectivity index (χ0v) is 7.73. The van der Waals surface area contributed by atoms with Crippen LogP contribution in [0.4, 0.5) is 0 Å². The van der Waals surface area contributed by atoms with Crippen LogP contribution < -0.4 is 0 Å². The van der Waals surface area contributed by atoms with Gasteiger partial charge in [0.25, 0.3) is 0 Å². The highest BCUT2D eigenvalue weighted by Gasteiger charge is 2.19. The van der Waals surface area contributed by atoms with E-state index in [2.05, 4.69) is 5.10 Å². The molecule has 0 spiro atoms. The number of methoxy groups -OCH3 is 1. The van der Waals surface area contributed by atoms with Gasteiger partial charge in [0.15, 0.2) is 0 Å². The summed E-state index contributed by atoms with van der Waals surface area (Å²) in [4.78, 5) is 0. The average molecular weight is 182 g/mol. The van der Waals surface area contributed by atoms with Crippen LogP contribution in [0.1, 0.15) is 30.3 Å². The monoisotopic (exact) mass is 182 g/mol. The maximum Gasteiger partial charge on any atom is 0.0957 e. The Bertz CT molecular complexity index is 296. The summed E-state index contributed by atoms with van der Waals surface area (Å²) in [5, 5.41) is 14.0. The normalized spacial score (nSPS) is 21.5. The topological polar surface area (TPSA) is 47.3 Å². The summed E-state index contributed by atoms with van der Waals surface area (Å²) >= 11 is 0. The van der Waals surface area contributed by atoms with Crippen LogP contribution in [-0.2, 0) is 17.9 Å². The first-order valence-electron chi connectivity index (χ1n) is 4.55. The van der Waals surface area contributed by atoms with Crippen molar-refractivity contribution in [3.05, 3.63) is 17.5 Å². The van der Waals surface area contributed by atoms with Crippen molar-refractivity contribution >= 4 is 0 Å². The molecule has 1 aliphatic heterocycles. The molecule has 0 saturated carbocycles. The molecule has 72 valence electrons. The molecule has 1 unspecified atom stereocenters. The van der Waals surface area contributed by atoms with E-state index in [1.54, 1.807) is 7.11 Å². The molecular formula is C9H14N2O2. The Morgan fingerprint density at radius 3 is 3.31 bits per heavy atom. The minimum Gasteiger partial charge on any atom is -0.387 e. The van der Waals surface area contributed by atoms with Crippen molar-refractivity contribution in [1.29, 1.82) is 0 Å². The Morgan fingerprint density at radius 1 is 1.77 bits per heavy atom. The summed E-state index contributed by atoms with van der Waals surface area (Å²) in [5.41, 5.74) is 1.83. The highest BCUT2D eigenvalue weighted by atomic mass is 16.5. The quantitative estimate of drug-likeness (QED) is 0.737.